The molecular formula is C17H25NO2. The van der Waals surface area contributed by atoms with Crippen molar-refractivity contribution in [2.24, 2.45) is 11.8 Å². The fourth-order valence-corrected chi connectivity index (χ4v) is 2.81. The molecule has 1 aromatic carbocycles. The quantitative estimate of drug-likeness (QED) is 0.790. The van der Waals surface area contributed by atoms with Crippen molar-refractivity contribution in [1.82, 2.24) is 4.90 Å². The lowest BCUT2D eigenvalue weighted by Gasteiger charge is -2.38. The number of carbonyl (C=O) groups excluding carboxylic acids is 1. The Morgan fingerprint density at radius 2 is 1.90 bits per heavy atom. The molecule has 0 saturated carbocycles. The van der Waals surface area contributed by atoms with Crippen molar-refractivity contribution >= 4 is 5.78 Å². The number of likely N-dealkylation sites (tertiary alicyclic amines) is 1. The van der Waals surface area contributed by atoms with Crippen molar-refractivity contribution < 1.29 is 9.53 Å². The molecule has 2 rings (SSSR count). The van der Waals surface area contributed by atoms with Crippen LogP contribution in [-0.2, 0) is 0 Å². The number of hydrogen-bond acceptors (Lipinski definition) is 3. The topological polar surface area (TPSA) is 29.5 Å². The Morgan fingerprint density at radius 1 is 1.25 bits per heavy atom. The van der Waals surface area contributed by atoms with E-state index in [-0.39, 0.29) is 11.8 Å². The Morgan fingerprint density at radius 3 is 2.45 bits per heavy atom. The molecule has 1 aliphatic heterocycles. The van der Waals surface area contributed by atoms with Gasteiger partial charge >= 0.3 is 0 Å². The van der Waals surface area contributed by atoms with Gasteiger partial charge < -0.3 is 4.74 Å². The van der Waals surface area contributed by atoms with Gasteiger partial charge in [0.2, 0.25) is 0 Å². The van der Waals surface area contributed by atoms with E-state index >= 15 is 0 Å². The van der Waals surface area contributed by atoms with Crippen LogP contribution in [0.3, 0.4) is 0 Å². The summed E-state index contributed by atoms with van der Waals surface area (Å²) in [6, 6.07) is 7.36. The summed E-state index contributed by atoms with van der Waals surface area (Å²) in [4.78, 5) is 14.9. The highest BCUT2D eigenvalue weighted by atomic mass is 16.5. The summed E-state index contributed by atoms with van der Waals surface area (Å²) in [5.74, 6) is 2.41. The zero-order valence-corrected chi connectivity index (χ0v) is 12.9. The fourth-order valence-electron chi connectivity index (χ4n) is 2.81. The smallest absolute Gasteiger partial charge is 0.179 e. The van der Waals surface area contributed by atoms with Gasteiger partial charge in [0.05, 0.1) is 13.2 Å². The first kappa shape index (κ1) is 15.0. The molecule has 3 atom stereocenters. The van der Waals surface area contributed by atoms with Crippen LogP contribution < -0.4 is 4.74 Å². The van der Waals surface area contributed by atoms with Crippen LogP contribution >= 0.6 is 0 Å². The molecule has 0 spiro atoms. The fraction of sp³-hybridized carbons (Fsp3) is 0.588. The number of rotatable bonds is 4. The Hall–Kier alpha value is -1.35. The maximum absolute atomic E-state index is 12.5. The minimum atomic E-state index is -0.0432. The highest BCUT2D eigenvalue weighted by molar-refractivity contribution is 5.99. The second-order valence-electron chi connectivity index (χ2n) is 6.01. The number of ketones is 1. The molecule has 1 fully saturated rings. The maximum Gasteiger partial charge on any atom is 0.179 e. The molecule has 0 radical (unpaired) electrons. The summed E-state index contributed by atoms with van der Waals surface area (Å²) < 4.78 is 5.13. The molecule has 0 aliphatic carbocycles. The SMILES string of the molecule is COc1ccc(C(=O)C(C)N2CCC(C)C(C)C2)cc1. The highest BCUT2D eigenvalue weighted by Crippen LogP contribution is 2.25. The molecule has 3 unspecified atom stereocenters. The van der Waals surface area contributed by atoms with Gasteiger partial charge in [0.15, 0.2) is 5.78 Å². The lowest BCUT2D eigenvalue weighted by atomic mass is 9.87. The molecule has 20 heavy (non-hydrogen) atoms. The minimum absolute atomic E-state index is 0.0432. The van der Waals surface area contributed by atoms with E-state index in [1.54, 1.807) is 7.11 Å². The Labute approximate surface area is 121 Å². The Kier molecular flexibility index (Phi) is 4.81. The van der Waals surface area contributed by atoms with Crippen LogP contribution in [0.2, 0.25) is 0 Å². The molecule has 3 nitrogen and oxygen atoms in total. The third-order valence-electron chi connectivity index (χ3n) is 4.67. The summed E-state index contributed by atoms with van der Waals surface area (Å²) in [5, 5.41) is 0. The standard InChI is InChI=1S/C17H25NO2/c1-12-9-10-18(11-13(12)2)14(3)17(19)15-5-7-16(20-4)8-6-15/h5-8,12-14H,9-11H2,1-4H3. The minimum Gasteiger partial charge on any atom is -0.497 e. The summed E-state index contributed by atoms with van der Waals surface area (Å²) >= 11 is 0. The van der Waals surface area contributed by atoms with Gasteiger partial charge in [-0.05, 0) is 56.0 Å². The van der Waals surface area contributed by atoms with E-state index in [1.165, 1.54) is 6.42 Å². The zero-order valence-electron chi connectivity index (χ0n) is 12.9. The largest absolute Gasteiger partial charge is 0.497 e. The normalized spacial score (nSPS) is 25.2. The first-order valence-electron chi connectivity index (χ1n) is 7.45. The maximum atomic E-state index is 12.5. The van der Waals surface area contributed by atoms with Gasteiger partial charge in [-0.1, -0.05) is 13.8 Å². The van der Waals surface area contributed by atoms with Crippen molar-refractivity contribution in [3.63, 3.8) is 0 Å². The van der Waals surface area contributed by atoms with E-state index in [1.807, 2.05) is 31.2 Å². The molecule has 0 aromatic heterocycles. The van der Waals surface area contributed by atoms with E-state index in [4.69, 9.17) is 4.74 Å². The number of carbonyl (C=O) groups is 1. The van der Waals surface area contributed by atoms with E-state index < -0.39 is 0 Å². The average Bonchev–Trinajstić information content (AvgIpc) is 2.48. The van der Waals surface area contributed by atoms with Crippen LogP contribution in [0.15, 0.2) is 24.3 Å². The summed E-state index contributed by atoms with van der Waals surface area (Å²) in [6.45, 7) is 8.65. The lowest BCUT2D eigenvalue weighted by molar-refractivity contribution is 0.0689. The van der Waals surface area contributed by atoms with Crippen molar-refractivity contribution in [1.29, 1.82) is 0 Å². The average molecular weight is 275 g/mol. The number of piperidine rings is 1. The Bertz CT molecular complexity index is 455. The van der Waals surface area contributed by atoms with Crippen molar-refractivity contribution in [2.75, 3.05) is 20.2 Å². The number of benzene rings is 1. The van der Waals surface area contributed by atoms with Crippen LogP contribution in [0.4, 0.5) is 0 Å². The number of hydrogen-bond donors (Lipinski definition) is 0. The van der Waals surface area contributed by atoms with Crippen LogP contribution in [0, 0.1) is 11.8 Å². The number of methoxy groups -OCH3 is 1. The molecule has 0 bridgehead atoms. The summed E-state index contributed by atoms with van der Waals surface area (Å²) in [6.07, 6.45) is 1.18. The zero-order chi connectivity index (χ0) is 14.7. The molecule has 0 amide bonds. The summed E-state index contributed by atoms with van der Waals surface area (Å²) in [5.41, 5.74) is 0.768. The van der Waals surface area contributed by atoms with Crippen LogP contribution in [0.1, 0.15) is 37.6 Å². The van der Waals surface area contributed by atoms with E-state index in [9.17, 15) is 4.79 Å². The number of Topliss-reactive ketones (excluding diaryl/α,β-unsaturated/α-hetero) is 1. The molecule has 1 aromatic rings. The molecule has 1 aliphatic rings. The monoisotopic (exact) mass is 275 g/mol. The van der Waals surface area contributed by atoms with Gasteiger partial charge in [0, 0.05) is 12.1 Å². The van der Waals surface area contributed by atoms with Crippen molar-refractivity contribution in [3.05, 3.63) is 29.8 Å². The number of nitrogens with zero attached hydrogens (tertiary/aromatic N) is 1. The second kappa shape index (κ2) is 6.40. The number of ether oxygens (including phenoxy) is 1. The van der Waals surface area contributed by atoms with Gasteiger partial charge in [-0.15, -0.1) is 0 Å². The van der Waals surface area contributed by atoms with Crippen LogP contribution in [0.25, 0.3) is 0 Å². The molecule has 0 N–H and O–H groups in total. The van der Waals surface area contributed by atoms with E-state index in [0.717, 1.165) is 30.3 Å². The van der Waals surface area contributed by atoms with Gasteiger partial charge in [-0.2, -0.15) is 0 Å². The predicted molar refractivity (Wildman–Crippen MR) is 81.3 cm³/mol. The molecule has 1 saturated heterocycles. The van der Waals surface area contributed by atoms with E-state index in [2.05, 4.69) is 18.7 Å². The highest BCUT2D eigenvalue weighted by Gasteiger charge is 2.29. The molecular weight excluding hydrogens is 250 g/mol. The molecule has 110 valence electrons. The molecule has 3 heteroatoms. The van der Waals surface area contributed by atoms with Crippen LogP contribution in [0.5, 0.6) is 5.75 Å². The van der Waals surface area contributed by atoms with Crippen molar-refractivity contribution in [2.45, 2.75) is 33.2 Å². The second-order valence-corrected chi connectivity index (χ2v) is 6.01. The lowest BCUT2D eigenvalue weighted by Crippen LogP contribution is -2.46. The third kappa shape index (κ3) is 3.21. The first-order valence-corrected chi connectivity index (χ1v) is 7.45. The van der Waals surface area contributed by atoms with Crippen molar-refractivity contribution in [3.8, 4) is 5.75 Å². The third-order valence-corrected chi connectivity index (χ3v) is 4.67. The van der Waals surface area contributed by atoms with Gasteiger partial charge in [0.1, 0.15) is 5.75 Å². The van der Waals surface area contributed by atoms with Gasteiger partial charge in [-0.25, -0.2) is 0 Å². The van der Waals surface area contributed by atoms with Gasteiger partial charge in [-0.3, -0.25) is 9.69 Å². The Balaban J connectivity index is 2.04. The van der Waals surface area contributed by atoms with E-state index in [0.29, 0.717) is 5.92 Å². The summed E-state index contributed by atoms with van der Waals surface area (Å²) in [7, 11) is 1.63. The first-order chi connectivity index (χ1) is 9.52. The van der Waals surface area contributed by atoms with Crippen LogP contribution in [-0.4, -0.2) is 36.9 Å². The molecule has 1 heterocycles. The van der Waals surface area contributed by atoms with Gasteiger partial charge in [0.25, 0.3) is 0 Å². The predicted octanol–water partition coefficient (Wildman–Crippen LogP) is 3.24.